The van der Waals surface area contributed by atoms with Gasteiger partial charge in [0.2, 0.25) is 5.91 Å². The molecule has 3 aromatic rings. The van der Waals surface area contributed by atoms with E-state index in [0.717, 1.165) is 16.8 Å². The molecule has 0 radical (unpaired) electrons. The van der Waals surface area contributed by atoms with Crippen molar-refractivity contribution in [1.82, 2.24) is 0 Å². The van der Waals surface area contributed by atoms with Crippen LogP contribution in [0.5, 0.6) is 0 Å². The Kier molecular flexibility index (Phi) is 4.13. The lowest BCUT2D eigenvalue weighted by Gasteiger charge is -2.49. The predicted octanol–water partition coefficient (Wildman–Crippen LogP) is 6.09. The Morgan fingerprint density at radius 1 is 0.759 bits per heavy atom. The van der Waals surface area contributed by atoms with Crippen LogP contribution < -0.4 is 5.32 Å². The van der Waals surface area contributed by atoms with Crippen molar-refractivity contribution in [3.05, 3.63) is 99.6 Å². The number of anilines is 1. The minimum Gasteiger partial charge on any atom is -0.325 e. The van der Waals surface area contributed by atoms with E-state index in [9.17, 15) is 4.79 Å². The van der Waals surface area contributed by atoms with Gasteiger partial charge in [0, 0.05) is 17.5 Å². The van der Waals surface area contributed by atoms with Gasteiger partial charge in [0.25, 0.3) is 0 Å². The zero-order chi connectivity index (χ0) is 20.3. The third-order valence-corrected chi connectivity index (χ3v) is 7.01. The van der Waals surface area contributed by atoms with Gasteiger partial charge in [-0.05, 0) is 60.1 Å². The molecule has 0 saturated carbocycles. The van der Waals surface area contributed by atoms with Crippen molar-refractivity contribution in [1.29, 1.82) is 0 Å². The lowest BCUT2D eigenvalue weighted by molar-refractivity contribution is -0.122. The van der Waals surface area contributed by atoms with Crippen LogP contribution in [0.1, 0.15) is 57.7 Å². The number of amides is 1. The first kappa shape index (κ1) is 18.2. The van der Waals surface area contributed by atoms with E-state index in [1.807, 2.05) is 0 Å². The van der Waals surface area contributed by atoms with Crippen molar-refractivity contribution < 1.29 is 4.79 Å². The van der Waals surface area contributed by atoms with Crippen LogP contribution in [0.15, 0.2) is 60.7 Å². The third kappa shape index (κ3) is 2.66. The normalized spacial score (nSPS) is 24.0. The van der Waals surface area contributed by atoms with Gasteiger partial charge in [-0.25, -0.2) is 0 Å². The first-order chi connectivity index (χ1) is 14.0. The fourth-order valence-corrected chi connectivity index (χ4v) is 5.93. The number of hydrogen-bond donors (Lipinski definition) is 1. The van der Waals surface area contributed by atoms with Crippen molar-refractivity contribution in [3.8, 4) is 0 Å². The summed E-state index contributed by atoms with van der Waals surface area (Å²) in [5.74, 6) is 0.740. The molecule has 0 saturated heterocycles. The highest BCUT2D eigenvalue weighted by Gasteiger charge is 2.50. The van der Waals surface area contributed by atoms with Gasteiger partial charge in [-0.1, -0.05) is 73.2 Å². The fraction of sp³-hybridized carbons (Fsp3) is 0.296. The highest BCUT2D eigenvalue weighted by atomic mass is 16.1. The number of carbonyl (C=O) groups excluding carboxylic acids is 1. The standard InChI is InChI=1S/C27H27NO/c1-15-13-16(2)26(17(3)14-15)28-27(29)24-18(4)23-19-9-5-7-11-21(19)25(24)22-12-8-6-10-20(22)23/h5-14,18,23-25H,1-4H3,(H,28,29)/t18-,23?,24-,25?/m1/s1. The second-order valence-corrected chi connectivity index (χ2v) is 8.86. The zero-order valence-electron chi connectivity index (χ0n) is 17.5. The summed E-state index contributed by atoms with van der Waals surface area (Å²) in [7, 11) is 0. The maximum atomic E-state index is 13.7. The second-order valence-electron chi connectivity index (χ2n) is 8.86. The zero-order valence-corrected chi connectivity index (χ0v) is 17.5. The van der Waals surface area contributed by atoms with Crippen molar-refractivity contribution in [2.24, 2.45) is 11.8 Å². The van der Waals surface area contributed by atoms with Gasteiger partial charge in [-0.2, -0.15) is 0 Å². The first-order valence-electron chi connectivity index (χ1n) is 10.5. The van der Waals surface area contributed by atoms with Crippen molar-refractivity contribution in [2.45, 2.75) is 39.5 Å². The van der Waals surface area contributed by atoms with Crippen molar-refractivity contribution in [3.63, 3.8) is 0 Å². The molecular formula is C27H27NO. The van der Waals surface area contributed by atoms with E-state index in [0.29, 0.717) is 0 Å². The van der Waals surface area contributed by atoms with E-state index in [4.69, 9.17) is 0 Å². The number of benzene rings is 3. The van der Waals surface area contributed by atoms with Gasteiger partial charge in [-0.15, -0.1) is 0 Å². The molecule has 3 aliphatic rings. The van der Waals surface area contributed by atoms with Crippen LogP contribution in [0.2, 0.25) is 0 Å². The average Bonchev–Trinajstić information content (AvgIpc) is 2.70. The molecule has 0 fully saturated rings. The Bertz CT molecular complexity index is 1060. The van der Waals surface area contributed by atoms with E-state index in [-0.39, 0.29) is 29.6 Å². The molecule has 3 aliphatic carbocycles. The quantitative estimate of drug-likeness (QED) is 0.571. The van der Waals surface area contributed by atoms with Crippen LogP contribution in [-0.2, 0) is 4.79 Å². The number of fused-ring (bicyclic) bond motifs is 1. The average molecular weight is 382 g/mol. The summed E-state index contributed by atoms with van der Waals surface area (Å²) in [6.45, 7) is 8.51. The summed E-state index contributed by atoms with van der Waals surface area (Å²) in [6.07, 6.45) is 0. The molecule has 2 atom stereocenters. The minimum absolute atomic E-state index is 0.0649. The largest absolute Gasteiger partial charge is 0.325 e. The van der Waals surface area contributed by atoms with Crippen LogP contribution >= 0.6 is 0 Å². The number of aryl methyl sites for hydroxylation is 3. The summed E-state index contributed by atoms with van der Waals surface area (Å²) in [5.41, 5.74) is 9.90. The van der Waals surface area contributed by atoms with Crippen molar-refractivity contribution >= 4 is 11.6 Å². The molecule has 1 amide bonds. The number of hydrogen-bond acceptors (Lipinski definition) is 1. The Balaban J connectivity index is 1.60. The summed E-state index contributed by atoms with van der Waals surface area (Å²) in [5, 5.41) is 3.31. The Morgan fingerprint density at radius 3 is 1.69 bits per heavy atom. The number of carbonyl (C=O) groups is 1. The molecule has 29 heavy (non-hydrogen) atoms. The van der Waals surface area contributed by atoms with Crippen LogP contribution in [0.3, 0.4) is 0 Å². The lowest BCUT2D eigenvalue weighted by atomic mass is 9.54. The van der Waals surface area contributed by atoms with E-state index in [2.05, 4.69) is 93.7 Å². The molecule has 3 aromatic carbocycles. The first-order valence-corrected chi connectivity index (χ1v) is 10.5. The number of nitrogens with one attached hydrogen (secondary N) is 1. The smallest absolute Gasteiger partial charge is 0.228 e. The van der Waals surface area contributed by atoms with Gasteiger partial charge < -0.3 is 5.32 Å². The number of rotatable bonds is 2. The monoisotopic (exact) mass is 381 g/mol. The van der Waals surface area contributed by atoms with Gasteiger partial charge in [0.05, 0.1) is 5.92 Å². The van der Waals surface area contributed by atoms with Crippen LogP contribution in [-0.4, -0.2) is 5.91 Å². The van der Waals surface area contributed by atoms with Gasteiger partial charge in [0.1, 0.15) is 0 Å². The maximum Gasteiger partial charge on any atom is 0.228 e. The molecular weight excluding hydrogens is 354 g/mol. The second kappa shape index (κ2) is 6.59. The highest BCUT2D eigenvalue weighted by Crippen LogP contribution is 2.58. The molecule has 0 unspecified atom stereocenters. The Hall–Kier alpha value is -2.87. The molecule has 2 bridgehead atoms. The van der Waals surface area contributed by atoms with E-state index < -0.39 is 0 Å². The van der Waals surface area contributed by atoms with E-state index in [1.54, 1.807) is 0 Å². The van der Waals surface area contributed by atoms with Crippen LogP contribution in [0.25, 0.3) is 0 Å². The van der Waals surface area contributed by atoms with Crippen LogP contribution in [0, 0.1) is 32.6 Å². The lowest BCUT2D eigenvalue weighted by Crippen LogP contribution is -2.44. The Labute approximate surface area is 173 Å². The Morgan fingerprint density at radius 2 is 1.21 bits per heavy atom. The third-order valence-electron chi connectivity index (χ3n) is 7.01. The summed E-state index contributed by atoms with van der Waals surface area (Å²) >= 11 is 0. The topological polar surface area (TPSA) is 29.1 Å². The molecule has 2 nitrogen and oxygen atoms in total. The van der Waals surface area contributed by atoms with E-state index in [1.165, 1.54) is 27.8 Å². The summed E-state index contributed by atoms with van der Waals surface area (Å²) in [6, 6.07) is 21.7. The highest BCUT2D eigenvalue weighted by molar-refractivity contribution is 5.96. The molecule has 0 aliphatic heterocycles. The molecule has 0 heterocycles. The van der Waals surface area contributed by atoms with Crippen molar-refractivity contribution in [2.75, 3.05) is 5.32 Å². The van der Waals surface area contributed by atoms with Gasteiger partial charge in [-0.3, -0.25) is 4.79 Å². The predicted molar refractivity (Wildman–Crippen MR) is 119 cm³/mol. The summed E-state index contributed by atoms with van der Waals surface area (Å²) in [4.78, 5) is 13.7. The van der Waals surface area contributed by atoms with Crippen LogP contribution in [0.4, 0.5) is 5.69 Å². The minimum atomic E-state index is -0.0649. The SMILES string of the molecule is Cc1cc(C)c(NC(=O)[C@H]2C3c4ccccc4C(c4ccccc43)[C@H]2C)c(C)c1. The van der Waals surface area contributed by atoms with E-state index >= 15 is 0 Å². The van der Waals surface area contributed by atoms with Gasteiger partial charge >= 0.3 is 0 Å². The molecule has 0 aromatic heterocycles. The molecule has 146 valence electrons. The fourth-order valence-electron chi connectivity index (χ4n) is 5.93. The summed E-state index contributed by atoms with van der Waals surface area (Å²) < 4.78 is 0. The molecule has 2 heteroatoms. The molecule has 0 spiro atoms. The van der Waals surface area contributed by atoms with Gasteiger partial charge in [0.15, 0.2) is 0 Å². The maximum absolute atomic E-state index is 13.7. The molecule has 1 N–H and O–H groups in total. The molecule has 6 rings (SSSR count).